The van der Waals surface area contributed by atoms with Crippen molar-refractivity contribution in [2.45, 2.75) is 12.7 Å². The number of alkyl halides is 3. The number of benzene rings is 2. The molecule has 8 nitrogen and oxygen atoms in total. The van der Waals surface area contributed by atoms with Crippen LogP contribution in [0.5, 0.6) is 0 Å². The Morgan fingerprint density at radius 2 is 1.73 bits per heavy atom. The molecule has 0 aliphatic carbocycles. The minimum atomic E-state index is -4.59. The maximum Gasteiger partial charge on any atom is 0.417 e. The fourth-order valence-corrected chi connectivity index (χ4v) is 3.83. The molecular weight excluding hydrogens is 459 g/mol. The molecule has 0 atom stereocenters. The number of hydrogen-bond donors (Lipinski definition) is 1. The van der Waals surface area contributed by atoms with E-state index in [4.69, 9.17) is 11.6 Å². The Hall–Kier alpha value is -3.02. The van der Waals surface area contributed by atoms with E-state index in [1.54, 1.807) is 4.68 Å². The number of tetrazole rings is 1. The summed E-state index contributed by atoms with van der Waals surface area (Å²) >= 11 is 5.62. The van der Waals surface area contributed by atoms with Gasteiger partial charge in [-0.15, -0.1) is 5.10 Å². The van der Waals surface area contributed by atoms with Crippen LogP contribution in [0, 0.1) is 0 Å². The molecule has 0 unspecified atom stereocenters. The van der Waals surface area contributed by atoms with Crippen molar-refractivity contribution < 1.29 is 18.0 Å². The lowest BCUT2D eigenvalue weighted by atomic mass is 10.2. The van der Waals surface area contributed by atoms with Gasteiger partial charge in [-0.1, -0.05) is 29.8 Å². The Bertz CT molecular complexity index is 1100. The smallest absolute Gasteiger partial charge is 0.325 e. The normalized spacial score (nSPS) is 15.5. The maximum atomic E-state index is 13.0. The molecule has 0 radical (unpaired) electrons. The lowest BCUT2D eigenvalue weighted by molar-refractivity contribution is -0.137. The molecule has 0 saturated carbocycles. The minimum Gasteiger partial charge on any atom is -0.325 e. The van der Waals surface area contributed by atoms with Gasteiger partial charge >= 0.3 is 6.18 Å². The lowest BCUT2D eigenvalue weighted by Gasteiger charge is -2.33. The molecule has 2 aromatic carbocycles. The number of amides is 1. The van der Waals surface area contributed by atoms with Crippen LogP contribution in [0.1, 0.15) is 11.4 Å². The molecule has 1 fully saturated rings. The number of aromatic nitrogens is 4. The van der Waals surface area contributed by atoms with Crippen molar-refractivity contribution >= 4 is 23.2 Å². The van der Waals surface area contributed by atoms with Gasteiger partial charge in [0.25, 0.3) is 0 Å². The third-order valence-electron chi connectivity index (χ3n) is 5.29. The van der Waals surface area contributed by atoms with Crippen LogP contribution in [-0.2, 0) is 17.5 Å². The molecule has 2 heterocycles. The Labute approximate surface area is 192 Å². The van der Waals surface area contributed by atoms with Gasteiger partial charge in [-0.25, -0.2) is 0 Å². The average Bonchev–Trinajstić information content (AvgIpc) is 3.24. The molecule has 0 spiro atoms. The van der Waals surface area contributed by atoms with Gasteiger partial charge in [-0.2, -0.15) is 17.9 Å². The van der Waals surface area contributed by atoms with E-state index in [-0.39, 0.29) is 18.1 Å². The van der Waals surface area contributed by atoms with Crippen LogP contribution >= 0.6 is 11.6 Å². The van der Waals surface area contributed by atoms with Crippen LogP contribution in [0.25, 0.3) is 5.69 Å². The lowest BCUT2D eigenvalue weighted by Crippen LogP contribution is -2.48. The molecule has 12 heteroatoms. The largest absolute Gasteiger partial charge is 0.417 e. The van der Waals surface area contributed by atoms with Crippen LogP contribution in [0.15, 0.2) is 48.5 Å². The molecule has 1 aliphatic heterocycles. The number of piperazine rings is 1. The highest BCUT2D eigenvalue weighted by Gasteiger charge is 2.33. The second kappa shape index (κ2) is 9.86. The Kier molecular flexibility index (Phi) is 6.91. The SMILES string of the molecule is O=C(CN1CCN(Cc2nnnn2-c2ccccc2)CC1)Nc1ccc(Cl)c(C(F)(F)F)c1. The summed E-state index contributed by atoms with van der Waals surface area (Å²) in [6.07, 6.45) is -4.59. The summed E-state index contributed by atoms with van der Waals surface area (Å²) in [5, 5.41) is 14.1. The number of nitrogens with zero attached hydrogens (tertiary/aromatic N) is 6. The number of halogens is 4. The summed E-state index contributed by atoms with van der Waals surface area (Å²) in [7, 11) is 0. The van der Waals surface area contributed by atoms with Gasteiger partial charge in [0.2, 0.25) is 5.91 Å². The van der Waals surface area contributed by atoms with Crippen LogP contribution in [0.4, 0.5) is 18.9 Å². The first-order valence-electron chi connectivity index (χ1n) is 10.2. The molecule has 0 bridgehead atoms. The molecular formula is C21H21ClF3N7O. The van der Waals surface area contributed by atoms with Crippen molar-refractivity contribution in [1.82, 2.24) is 30.0 Å². The molecule has 1 aromatic heterocycles. The number of hydrogen-bond acceptors (Lipinski definition) is 6. The first kappa shape index (κ1) is 23.1. The predicted octanol–water partition coefficient (Wildman–Crippen LogP) is 3.09. The molecule has 1 saturated heterocycles. The highest BCUT2D eigenvalue weighted by Crippen LogP contribution is 2.36. The third kappa shape index (κ3) is 5.86. The molecule has 174 valence electrons. The highest BCUT2D eigenvalue weighted by atomic mass is 35.5. The van der Waals surface area contributed by atoms with E-state index >= 15 is 0 Å². The van der Waals surface area contributed by atoms with Gasteiger partial charge in [0.1, 0.15) is 0 Å². The van der Waals surface area contributed by atoms with Crippen molar-refractivity contribution in [3.63, 3.8) is 0 Å². The third-order valence-corrected chi connectivity index (χ3v) is 5.62. The summed E-state index contributed by atoms with van der Waals surface area (Å²) < 4.78 is 40.7. The van der Waals surface area contributed by atoms with Crippen LogP contribution in [0.2, 0.25) is 5.02 Å². The number of anilines is 1. The van der Waals surface area contributed by atoms with Crippen LogP contribution in [-0.4, -0.2) is 68.6 Å². The zero-order valence-electron chi connectivity index (χ0n) is 17.5. The molecule has 1 aliphatic rings. The van der Waals surface area contributed by atoms with E-state index < -0.39 is 16.8 Å². The second-order valence-corrected chi connectivity index (χ2v) is 8.04. The number of para-hydroxylation sites is 1. The summed E-state index contributed by atoms with van der Waals surface area (Å²) in [6, 6.07) is 12.9. The topological polar surface area (TPSA) is 79.2 Å². The van der Waals surface area contributed by atoms with Gasteiger partial charge in [0.15, 0.2) is 5.82 Å². The first-order valence-corrected chi connectivity index (χ1v) is 10.6. The van der Waals surface area contributed by atoms with Crippen molar-refractivity contribution in [3.05, 3.63) is 64.9 Å². The maximum absolute atomic E-state index is 13.0. The summed E-state index contributed by atoms with van der Waals surface area (Å²) in [5.41, 5.74) is -0.0415. The zero-order valence-corrected chi connectivity index (χ0v) is 18.2. The van der Waals surface area contributed by atoms with Gasteiger partial charge in [-0.3, -0.25) is 14.6 Å². The Morgan fingerprint density at radius 3 is 2.42 bits per heavy atom. The quantitative estimate of drug-likeness (QED) is 0.585. The first-order chi connectivity index (χ1) is 15.8. The summed E-state index contributed by atoms with van der Waals surface area (Å²) in [6.45, 7) is 3.32. The van der Waals surface area contributed by atoms with E-state index in [9.17, 15) is 18.0 Å². The zero-order chi connectivity index (χ0) is 23.4. The van der Waals surface area contributed by atoms with Crippen LogP contribution < -0.4 is 5.32 Å². The highest BCUT2D eigenvalue weighted by molar-refractivity contribution is 6.31. The number of nitrogens with one attached hydrogen (secondary N) is 1. The summed E-state index contributed by atoms with van der Waals surface area (Å²) in [5.74, 6) is 0.336. The summed E-state index contributed by atoms with van der Waals surface area (Å²) in [4.78, 5) is 16.5. The van der Waals surface area contributed by atoms with E-state index in [1.165, 1.54) is 6.07 Å². The fourth-order valence-electron chi connectivity index (χ4n) is 3.60. The standard InChI is InChI=1S/C21H21ClF3N7O/c22-18-7-6-15(12-17(18)21(23,24)25)26-20(33)14-31-10-8-30(9-11-31)13-19-27-28-29-32(19)16-4-2-1-3-5-16/h1-7,12H,8-11,13-14H2,(H,26,33). The van der Waals surface area contributed by atoms with E-state index in [0.29, 0.717) is 32.7 Å². The monoisotopic (exact) mass is 479 g/mol. The predicted molar refractivity (Wildman–Crippen MR) is 116 cm³/mol. The van der Waals surface area contributed by atoms with E-state index in [1.807, 2.05) is 35.2 Å². The Morgan fingerprint density at radius 1 is 1.03 bits per heavy atom. The van der Waals surface area contributed by atoms with Gasteiger partial charge < -0.3 is 5.32 Å². The number of carbonyl (C=O) groups excluding carboxylic acids is 1. The number of carbonyl (C=O) groups is 1. The molecule has 4 rings (SSSR count). The van der Waals surface area contributed by atoms with Crippen molar-refractivity contribution in [3.8, 4) is 5.69 Å². The van der Waals surface area contributed by atoms with Crippen LogP contribution in [0.3, 0.4) is 0 Å². The van der Waals surface area contributed by atoms with E-state index in [0.717, 1.165) is 23.6 Å². The van der Waals surface area contributed by atoms with Crippen molar-refractivity contribution in [2.75, 3.05) is 38.0 Å². The number of rotatable bonds is 6. The van der Waals surface area contributed by atoms with E-state index in [2.05, 4.69) is 25.7 Å². The molecule has 1 amide bonds. The Balaban J connectivity index is 1.28. The average molecular weight is 480 g/mol. The van der Waals surface area contributed by atoms with Gasteiger partial charge in [0, 0.05) is 31.9 Å². The van der Waals surface area contributed by atoms with Gasteiger partial charge in [-0.05, 0) is 40.8 Å². The fraction of sp³-hybridized carbons (Fsp3) is 0.333. The minimum absolute atomic E-state index is 0.0584. The molecule has 3 aromatic rings. The second-order valence-electron chi connectivity index (χ2n) is 7.64. The van der Waals surface area contributed by atoms with Gasteiger partial charge in [0.05, 0.1) is 29.4 Å². The molecule has 1 N–H and O–H groups in total. The molecule has 33 heavy (non-hydrogen) atoms. The van der Waals surface area contributed by atoms with Crippen molar-refractivity contribution in [2.24, 2.45) is 0 Å². The van der Waals surface area contributed by atoms with Crippen molar-refractivity contribution in [1.29, 1.82) is 0 Å².